The molecule has 0 aromatic rings. The molecular weight excluding hydrogens is 218 g/mol. The molecule has 0 aromatic carbocycles. The zero-order valence-electron chi connectivity index (χ0n) is 10.6. The molecule has 0 amide bonds. The van der Waals surface area contributed by atoms with Crippen LogP contribution in [0.25, 0.3) is 0 Å². The minimum atomic E-state index is -0.635. The van der Waals surface area contributed by atoms with Crippen molar-refractivity contribution in [3.05, 3.63) is 0 Å². The Labute approximate surface area is 103 Å². The van der Waals surface area contributed by atoms with Gasteiger partial charge in [-0.3, -0.25) is 4.79 Å². The van der Waals surface area contributed by atoms with Gasteiger partial charge in [-0.05, 0) is 45.2 Å². The SMILES string of the molecule is CCCC1(C(=O)O)CC(OC2CCNCC2)C1. The molecule has 2 fully saturated rings. The van der Waals surface area contributed by atoms with Gasteiger partial charge in [0.2, 0.25) is 0 Å². The fraction of sp³-hybridized carbons (Fsp3) is 0.923. The van der Waals surface area contributed by atoms with E-state index in [4.69, 9.17) is 4.74 Å². The lowest BCUT2D eigenvalue weighted by Gasteiger charge is -2.45. The maximum atomic E-state index is 11.3. The third-order valence-corrected chi connectivity index (χ3v) is 4.09. The molecule has 2 N–H and O–H groups in total. The molecule has 1 aliphatic carbocycles. The second kappa shape index (κ2) is 5.36. The normalized spacial score (nSPS) is 34.3. The van der Waals surface area contributed by atoms with Crippen LogP contribution >= 0.6 is 0 Å². The van der Waals surface area contributed by atoms with Crippen LogP contribution in [0.3, 0.4) is 0 Å². The number of carboxylic acid groups (broad SMARTS) is 1. The fourth-order valence-corrected chi connectivity index (χ4v) is 3.08. The summed E-state index contributed by atoms with van der Waals surface area (Å²) in [4.78, 5) is 11.3. The van der Waals surface area contributed by atoms with Crippen LogP contribution in [0.15, 0.2) is 0 Å². The average Bonchev–Trinajstić information content (AvgIpc) is 2.27. The molecule has 0 atom stereocenters. The Hall–Kier alpha value is -0.610. The van der Waals surface area contributed by atoms with Gasteiger partial charge in [-0.25, -0.2) is 0 Å². The summed E-state index contributed by atoms with van der Waals surface area (Å²) in [5.74, 6) is -0.635. The fourth-order valence-electron chi connectivity index (χ4n) is 3.08. The highest BCUT2D eigenvalue weighted by Crippen LogP contribution is 2.47. The van der Waals surface area contributed by atoms with Crippen molar-refractivity contribution in [2.45, 2.75) is 57.7 Å². The first-order valence-electron chi connectivity index (χ1n) is 6.76. The van der Waals surface area contributed by atoms with Crippen molar-refractivity contribution in [2.24, 2.45) is 5.41 Å². The van der Waals surface area contributed by atoms with Crippen LogP contribution in [-0.4, -0.2) is 36.4 Å². The molecule has 0 aromatic heterocycles. The predicted octanol–water partition coefficient (Wildman–Crippen LogP) is 1.79. The minimum absolute atomic E-state index is 0.181. The number of ether oxygens (including phenoxy) is 1. The molecule has 1 heterocycles. The van der Waals surface area contributed by atoms with E-state index in [1.807, 2.05) is 6.92 Å². The Morgan fingerprint density at radius 3 is 2.53 bits per heavy atom. The molecule has 1 saturated carbocycles. The third-order valence-electron chi connectivity index (χ3n) is 4.09. The van der Waals surface area contributed by atoms with Crippen molar-refractivity contribution >= 4 is 5.97 Å². The van der Waals surface area contributed by atoms with E-state index in [1.165, 1.54) is 0 Å². The van der Waals surface area contributed by atoms with Gasteiger partial charge in [-0.15, -0.1) is 0 Å². The summed E-state index contributed by atoms with van der Waals surface area (Å²) in [5.41, 5.74) is -0.480. The molecule has 0 radical (unpaired) electrons. The van der Waals surface area contributed by atoms with Crippen molar-refractivity contribution in [3.8, 4) is 0 Å². The molecule has 1 aliphatic heterocycles. The molecule has 98 valence electrons. The van der Waals surface area contributed by atoms with Gasteiger partial charge in [0.1, 0.15) is 0 Å². The molecule has 4 nitrogen and oxygen atoms in total. The van der Waals surface area contributed by atoms with Crippen LogP contribution in [0, 0.1) is 5.41 Å². The first-order valence-corrected chi connectivity index (χ1v) is 6.76. The van der Waals surface area contributed by atoms with Crippen LogP contribution < -0.4 is 5.32 Å². The van der Waals surface area contributed by atoms with Crippen molar-refractivity contribution in [2.75, 3.05) is 13.1 Å². The van der Waals surface area contributed by atoms with E-state index in [0.717, 1.165) is 38.8 Å². The third kappa shape index (κ3) is 2.80. The number of rotatable bonds is 5. The van der Waals surface area contributed by atoms with Crippen molar-refractivity contribution in [1.29, 1.82) is 0 Å². The zero-order valence-corrected chi connectivity index (χ0v) is 10.6. The molecular formula is C13H23NO3. The quantitative estimate of drug-likeness (QED) is 0.770. The summed E-state index contributed by atoms with van der Waals surface area (Å²) in [7, 11) is 0. The van der Waals surface area contributed by atoms with Crippen LogP contribution in [0.5, 0.6) is 0 Å². The van der Waals surface area contributed by atoms with E-state index in [9.17, 15) is 9.90 Å². The number of piperidine rings is 1. The minimum Gasteiger partial charge on any atom is -0.481 e. The highest BCUT2D eigenvalue weighted by atomic mass is 16.5. The summed E-state index contributed by atoms with van der Waals surface area (Å²) >= 11 is 0. The summed E-state index contributed by atoms with van der Waals surface area (Å²) < 4.78 is 5.98. The smallest absolute Gasteiger partial charge is 0.309 e. The summed E-state index contributed by atoms with van der Waals surface area (Å²) in [5, 5.41) is 12.6. The van der Waals surface area contributed by atoms with E-state index < -0.39 is 11.4 Å². The molecule has 2 aliphatic rings. The maximum Gasteiger partial charge on any atom is 0.309 e. The zero-order chi connectivity index (χ0) is 12.3. The molecule has 0 spiro atoms. The first-order chi connectivity index (χ1) is 8.16. The Kier molecular flexibility index (Phi) is 4.05. The number of carbonyl (C=O) groups is 1. The van der Waals surface area contributed by atoms with Gasteiger partial charge in [0, 0.05) is 0 Å². The molecule has 4 heteroatoms. The van der Waals surface area contributed by atoms with Gasteiger partial charge in [-0.2, -0.15) is 0 Å². The lowest BCUT2D eigenvalue weighted by atomic mass is 9.64. The Bertz CT molecular complexity index is 268. The largest absolute Gasteiger partial charge is 0.481 e. The summed E-state index contributed by atoms with van der Waals surface area (Å²) in [6.07, 6.45) is 5.78. The highest BCUT2D eigenvalue weighted by Gasteiger charge is 2.50. The molecule has 0 bridgehead atoms. The number of nitrogens with one attached hydrogen (secondary N) is 1. The lowest BCUT2D eigenvalue weighted by Crippen LogP contribution is -2.49. The number of hydrogen-bond acceptors (Lipinski definition) is 3. The van der Waals surface area contributed by atoms with Crippen molar-refractivity contribution in [1.82, 2.24) is 5.32 Å². The summed E-state index contributed by atoms with van der Waals surface area (Å²) in [6, 6.07) is 0. The first kappa shape index (κ1) is 12.8. The van der Waals surface area contributed by atoms with Gasteiger partial charge in [0.05, 0.1) is 17.6 Å². The predicted molar refractivity (Wildman–Crippen MR) is 65.0 cm³/mol. The van der Waals surface area contributed by atoms with Gasteiger partial charge in [-0.1, -0.05) is 13.3 Å². The molecule has 1 saturated heterocycles. The van der Waals surface area contributed by atoms with Gasteiger partial charge < -0.3 is 15.2 Å². The van der Waals surface area contributed by atoms with Crippen LogP contribution in [0.1, 0.15) is 45.4 Å². The second-order valence-electron chi connectivity index (χ2n) is 5.45. The van der Waals surface area contributed by atoms with Gasteiger partial charge in [0.15, 0.2) is 0 Å². The summed E-state index contributed by atoms with van der Waals surface area (Å²) in [6.45, 7) is 4.10. The Morgan fingerprint density at radius 1 is 1.35 bits per heavy atom. The van der Waals surface area contributed by atoms with E-state index in [-0.39, 0.29) is 6.10 Å². The average molecular weight is 241 g/mol. The van der Waals surface area contributed by atoms with Gasteiger partial charge in [0.25, 0.3) is 0 Å². The number of hydrogen-bond donors (Lipinski definition) is 2. The Balaban J connectivity index is 1.78. The number of aliphatic carboxylic acids is 1. The molecule has 17 heavy (non-hydrogen) atoms. The van der Waals surface area contributed by atoms with E-state index >= 15 is 0 Å². The van der Waals surface area contributed by atoms with E-state index in [0.29, 0.717) is 18.9 Å². The topological polar surface area (TPSA) is 58.6 Å². The highest BCUT2D eigenvalue weighted by molar-refractivity contribution is 5.76. The van der Waals surface area contributed by atoms with Gasteiger partial charge >= 0.3 is 5.97 Å². The van der Waals surface area contributed by atoms with Crippen molar-refractivity contribution < 1.29 is 14.6 Å². The molecule has 0 unspecified atom stereocenters. The van der Waals surface area contributed by atoms with Crippen LogP contribution in [0.2, 0.25) is 0 Å². The van der Waals surface area contributed by atoms with E-state index in [2.05, 4.69) is 5.32 Å². The van der Waals surface area contributed by atoms with Crippen LogP contribution in [0.4, 0.5) is 0 Å². The number of carboxylic acids is 1. The maximum absolute atomic E-state index is 11.3. The molecule has 2 rings (SSSR count). The van der Waals surface area contributed by atoms with E-state index in [1.54, 1.807) is 0 Å². The Morgan fingerprint density at radius 2 is 2.00 bits per heavy atom. The van der Waals surface area contributed by atoms with Crippen molar-refractivity contribution in [3.63, 3.8) is 0 Å². The standard InChI is InChI=1S/C13H23NO3/c1-2-5-13(12(15)16)8-11(9-13)17-10-3-6-14-7-4-10/h10-11,14H,2-9H2,1H3,(H,15,16). The lowest BCUT2D eigenvalue weighted by molar-refractivity contribution is -0.175. The van der Waals surface area contributed by atoms with Crippen LogP contribution in [-0.2, 0) is 9.53 Å². The second-order valence-corrected chi connectivity index (χ2v) is 5.45. The monoisotopic (exact) mass is 241 g/mol.